The predicted molar refractivity (Wildman–Crippen MR) is 73.1 cm³/mol. The monoisotopic (exact) mass is 263 g/mol. The van der Waals surface area contributed by atoms with Crippen molar-refractivity contribution in [3.8, 4) is 5.75 Å². The van der Waals surface area contributed by atoms with Crippen LogP contribution in [-0.4, -0.2) is 23.2 Å². The summed E-state index contributed by atoms with van der Waals surface area (Å²) in [7, 11) is 0. The van der Waals surface area contributed by atoms with Crippen molar-refractivity contribution in [2.45, 2.75) is 51.9 Å². The second kappa shape index (κ2) is 5.61. The molecule has 1 amide bonds. The third-order valence-electron chi connectivity index (χ3n) is 3.30. The lowest BCUT2D eigenvalue weighted by molar-refractivity contribution is -0.127. The molecule has 0 saturated carbocycles. The van der Waals surface area contributed by atoms with Crippen LogP contribution in [0.5, 0.6) is 5.75 Å². The summed E-state index contributed by atoms with van der Waals surface area (Å²) in [6.45, 7) is 5.57. The van der Waals surface area contributed by atoms with Crippen LogP contribution in [0.4, 0.5) is 0 Å². The third kappa shape index (κ3) is 3.07. The van der Waals surface area contributed by atoms with Gasteiger partial charge in [-0.15, -0.1) is 0 Å². The zero-order valence-corrected chi connectivity index (χ0v) is 11.6. The summed E-state index contributed by atoms with van der Waals surface area (Å²) in [4.78, 5) is 11.8. The number of hydrogen-bond donors (Lipinski definition) is 2. The van der Waals surface area contributed by atoms with Crippen LogP contribution in [0, 0.1) is 0 Å². The summed E-state index contributed by atoms with van der Waals surface area (Å²) in [6, 6.07) is 5.73. The quantitative estimate of drug-likeness (QED) is 0.873. The molecule has 19 heavy (non-hydrogen) atoms. The third-order valence-corrected chi connectivity index (χ3v) is 3.30. The van der Waals surface area contributed by atoms with E-state index in [2.05, 4.69) is 5.32 Å². The van der Waals surface area contributed by atoms with Gasteiger partial charge in [-0.3, -0.25) is 4.79 Å². The lowest BCUT2D eigenvalue weighted by atomic mass is 10.1. The van der Waals surface area contributed by atoms with Gasteiger partial charge in [0, 0.05) is 11.6 Å². The molecule has 4 heteroatoms. The highest BCUT2D eigenvalue weighted by molar-refractivity contribution is 5.81. The molecule has 104 valence electrons. The largest absolute Gasteiger partial charge is 0.481 e. The Kier molecular flexibility index (Phi) is 4.10. The summed E-state index contributed by atoms with van der Waals surface area (Å²) in [6.07, 6.45) is 0.581. The highest BCUT2D eigenvalue weighted by Crippen LogP contribution is 2.36. The average Bonchev–Trinajstić information content (AvgIpc) is 2.71. The molecule has 4 nitrogen and oxygen atoms in total. The van der Waals surface area contributed by atoms with Crippen LogP contribution in [0.25, 0.3) is 0 Å². The number of nitrogens with one attached hydrogen (secondary N) is 1. The van der Waals surface area contributed by atoms with Gasteiger partial charge in [-0.05, 0) is 45.2 Å². The first-order chi connectivity index (χ1) is 8.99. The Morgan fingerprint density at radius 1 is 1.42 bits per heavy atom. The van der Waals surface area contributed by atoms with Gasteiger partial charge in [0.05, 0.1) is 6.10 Å². The van der Waals surface area contributed by atoms with Crippen LogP contribution in [0.3, 0.4) is 0 Å². The van der Waals surface area contributed by atoms with Gasteiger partial charge in [0.2, 0.25) is 0 Å². The molecular formula is C15H21NO3. The molecule has 0 aliphatic heterocycles. The van der Waals surface area contributed by atoms with E-state index in [1.54, 1.807) is 6.92 Å². The molecular weight excluding hydrogens is 242 g/mol. The van der Waals surface area contributed by atoms with Crippen molar-refractivity contribution in [1.82, 2.24) is 5.32 Å². The summed E-state index contributed by atoms with van der Waals surface area (Å²) < 4.78 is 5.75. The molecule has 1 aromatic rings. The molecule has 2 rings (SSSR count). The first-order valence-corrected chi connectivity index (χ1v) is 6.76. The molecule has 1 aliphatic carbocycles. The van der Waals surface area contributed by atoms with E-state index in [4.69, 9.17) is 4.74 Å². The fraction of sp³-hybridized carbons (Fsp3) is 0.533. The van der Waals surface area contributed by atoms with Gasteiger partial charge in [-0.2, -0.15) is 0 Å². The van der Waals surface area contributed by atoms with Crippen molar-refractivity contribution in [1.29, 1.82) is 0 Å². The van der Waals surface area contributed by atoms with Crippen molar-refractivity contribution >= 4 is 5.91 Å². The summed E-state index contributed by atoms with van der Waals surface area (Å²) in [5.41, 5.74) is 1.95. The van der Waals surface area contributed by atoms with Crippen molar-refractivity contribution in [2.75, 3.05) is 0 Å². The fourth-order valence-electron chi connectivity index (χ4n) is 2.36. The van der Waals surface area contributed by atoms with Crippen LogP contribution in [0.1, 0.15) is 44.4 Å². The molecule has 1 aliphatic rings. The van der Waals surface area contributed by atoms with Crippen molar-refractivity contribution < 1.29 is 14.6 Å². The number of rotatable bonds is 4. The predicted octanol–water partition coefficient (Wildman–Crippen LogP) is 1.96. The van der Waals surface area contributed by atoms with Crippen LogP contribution < -0.4 is 10.1 Å². The number of aliphatic hydroxyl groups excluding tert-OH is 1. The van der Waals surface area contributed by atoms with Gasteiger partial charge in [0.25, 0.3) is 5.91 Å². The second-order valence-electron chi connectivity index (χ2n) is 5.30. The Hall–Kier alpha value is -1.55. The summed E-state index contributed by atoms with van der Waals surface area (Å²) in [5, 5.41) is 12.7. The standard InChI is InChI=1S/C15H21NO3/c1-9(2)16-15(18)10(3)19-14-6-4-5-11-12(14)7-8-13(11)17/h4-6,9-10,13,17H,7-8H2,1-3H3,(H,16,18). The zero-order valence-electron chi connectivity index (χ0n) is 11.6. The lowest BCUT2D eigenvalue weighted by Gasteiger charge is -2.18. The van der Waals surface area contributed by atoms with Crippen LogP contribution in [-0.2, 0) is 11.2 Å². The minimum Gasteiger partial charge on any atom is -0.481 e. The molecule has 2 N–H and O–H groups in total. The van der Waals surface area contributed by atoms with Crippen LogP contribution in [0.2, 0.25) is 0 Å². The van der Waals surface area contributed by atoms with Gasteiger partial charge in [-0.25, -0.2) is 0 Å². The number of fused-ring (bicyclic) bond motifs is 1. The molecule has 0 aromatic heterocycles. The van der Waals surface area contributed by atoms with E-state index < -0.39 is 12.2 Å². The lowest BCUT2D eigenvalue weighted by Crippen LogP contribution is -2.40. The molecule has 0 radical (unpaired) electrons. The normalized spacial score (nSPS) is 19.1. The minimum atomic E-state index is -0.536. The molecule has 0 saturated heterocycles. The zero-order chi connectivity index (χ0) is 14.0. The maximum absolute atomic E-state index is 11.8. The summed E-state index contributed by atoms with van der Waals surface area (Å²) in [5.74, 6) is 0.589. The van der Waals surface area contributed by atoms with Crippen LogP contribution >= 0.6 is 0 Å². The Bertz CT molecular complexity index is 470. The molecule has 0 spiro atoms. The van der Waals surface area contributed by atoms with E-state index in [0.29, 0.717) is 5.75 Å². The second-order valence-corrected chi connectivity index (χ2v) is 5.30. The van der Waals surface area contributed by atoms with E-state index in [1.807, 2.05) is 32.0 Å². The number of aliphatic hydroxyl groups is 1. The number of benzene rings is 1. The average molecular weight is 263 g/mol. The van der Waals surface area contributed by atoms with Crippen LogP contribution in [0.15, 0.2) is 18.2 Å². The smallest absolute Gasteiger partial charge is 0.260 e. The number of carbonyl (C=O) groups excluding carboxylic acids is 1. The van der Waals surface area contributed by atoms with Gasteiger partial charge < -0.3 is 15.2 Å². The maximum atomic E-state index is 11.8. The number of ether oxygens (including phenoxy) is 1. The number of amides is 1. The highest BCUT2D eigenvalue weighted by Gasteiger charge is 2.25. The summed E-state index contributed by atoms with van der Waals surface area (Å²) >= 11 is 0. The van der Waals surface area contributed by atoms with Gasteiger partial charge in [-0.1, -0.05) is 12.1 Å². The Morgan fingerprint density at radius 3 is 2.84 bits per heavy atom. The highest BCUT2D eigenvalue weighted by atomic mass is 16.5. The number of hydrogen-bond acceptors (Lipinski definition) is 3. The molecule has 0 fully saturated rings. The van der Waals surface area contributed by atoms with Gasteiger partial charge >= 0.3 is 0 Å². The first kappa shape index (κ1) is 13.9. The Morgan fingerprint density at radius 2 is 2.16 bits per heavy atom. The molecule has 2 atom stereocenters. The molecule has 0 bridgehead atoms. The van der Waals surface area contributed by atoms with Crippen molar-refractivity contribution in [3.63, 3.8) is 0 Å². The van der Waals surface area contributed by atoms with E-state index >= 15 is 0 Å². The van der Waals surface area contributed by atoms with Gasteiger partial charge in [0.15, 0.2) is 6.10 Å². The Balaban J connectivity index is 2.10. The van der Waals surface area contributed by atoms with E-state index in [-0.39, 0.29) is 11.9 Å². The topological polar surface area (TPSA) is 58.6 Å². The minimum absolute atomic E-state index is 0.0989. The number of carbonyl (C=O) groups is 1. The SMILES string of the molecule is CC(C)NC(=O)C(C)Oc1cccc2c1CCC2O. The van der Waals surface area contributed by atoms with Gasteiger partial charge in [0.1, 0.15) is 5.75 Å². The Labute approximate surface area is 113 Å². The maximum Gasteiger partial charge on any atom is 0.260 e. The van der Waals surface area contributed by atoms with E-state index in [0.717, 1.165) is 24.0 Å². The molecule has 0 heterocycles. The first-order valence-electron chi connectivity index (χ1n) is 6.76. The van der Waals surface area contributed by atoms with Crippen molar-refractivity contribution in [2.24, 2.45) is 0 Å². The van der Waals surface area contributed by atoms with Crippen molar-refractivity contribution in [3.05, 3.63) is 29.3 Å². The molecule has 2 unspecified atom stereocenters. The van der Waals surface area contributed by atoms with E-state index in [9.17, 15) is 9.90 Å². The molecule has 1 aromatic carbocycles. The fourth-order valence-corrected chi connectivity index (χ4v) is 2.36. The van der Waals surface area contributed by atoms with E-state index in [1.165, 1.54) is 0 Å².